The Hall–Kier alpha value is -0.860. The van der Waals surface area contributed by atoms with E-state index in [1.165, 1.54) is 36.9 Å². The summed E-state index contributed by atoms with van der Waals surface area (Å²) in [4.78, 5) is 6.87. The van der Waals surface area contributed by atoms with Crippen molar-refractivity contribution in [3.63, 3.8) is 0 Å². The normalized spacial score (nSPS) is 18.5. The van der Waals surface area contributed by atoms with E-state index in [9.17, 15) is 0 Å². The number of piperidine rings is 1. The summed E-state index contributed by atoms with van der Waals surface area (Å²) < 4.78 is 5.06. The number of benzene rings is 1. The second-order valence-electron chi connectivity index (χ2n) is 6.43. The molecule has 2 N–H and O–H groups in total. The summed E-state index contributed by atoms with van der Waals surface area (Å²) >= 11 is 0. The fraction of sp³-hybridized carbons (Fsp3) is 0.632. The first-order chi connectivity index (χ1) is 11.7. The van der Waals surface area contributed by atoms with Crippen LogP contribution in [0.1, 0.15) is 37.3 Å². The summed E-state index contributed by atoms with van der Waals surface area (Å²) in [6.07, 6.45) is 4.00. The molecule has 1 heterocycles. The predicted molar refractivity (Wildman–Crippen MR) is 116 cm³/mol. The van der Waals surface area contributed by atoms with Gasteiger partial charge in [0.2, 0.25) is 0 Å². The summed E-state index contributed by atoms with van der Waals surface area (Å²) in [6, 6.07) is 9.39. The lowest BCUT2D eigenvalue weighted by atomic mass is 10.0. The molecule has 0 amide bonds. The Bertz CT molecular complexity index is 524. The summed E-state index contributed by atoms with van der Waals surface area (Å²) in [5.74, 6) is 0.813. The number of rotatable bonds is 7. The monoisotopic (exact) mass is 460 g/mol. The van der Waals surface area contributed by atoms with E-state index in [1.54, 1.807) is 14.2 Å². The topological polar surface area (TPSA) is 48.9 Å². The molecule has 0 bridgehead atoms. The highest BCUT2D eigenvalue weighted by atomic mass is 127. The third-order valence-electron chi connectivity index (χ3n) is 4.70. The van der Waals surface area contributed by atoms with E-state index >= 15 is 0 Å². The molecule has 0 saturated carbocycles. The molecule has 0 spiro atoms. The fourth-order valence-corrected chi connectivity index (χ4v) is 3.17. The molecule has 5 nitrogen and oxygen atoms in total. The Morgan fingerprint density at radius 2 is 2.00 bits per heavy atom. The van der Waals surface area contributed by atoms with Crippen LogP contribution in [0.5, 0.6) is 0 Å². The van der Waals surface area contributed by atoms with Crippen molar-refractivity contribution in [1.29, 1.82) is 0 Å². The summed E-state index contributed by atoms with van der Waals surface area (Å²) in [5.41, 5.74) is 2.75. The van der Waals surface area contributed by atoms with Gasteiger partial charge in [-0.05, 0) is 37.4 Å². The first-order valence-electron chi connectivity index (χ1n) is 8.99. The van der Waals surface area contributed by atoms with E-state index in [2.05, 4.69) is 51.7 Å². The maximum atomic E-state index is 5.06. The van der Waals surface area contributed by atoms with Gasteiger partial charge in [-0.15, -0.1) is 24.0 Å². The van der Waals surface area contributed by atoms with Gasteiger partial charge in [-0.2, -0.15) is 0 Å². The van der Waals surface area contributed by atoms with Crippen molar-refractivity contribution >= 4 is 29.9 Å². The van der Waals surface area contributed by atoms with Gasteiger partial charge in [-0.1, -0.05) is 30.7 Å². The number of ether oxygens (including phenoxy) is 1. The number of nitrogens with zero attached hydrogens (tertiary/aromatic N) is 2. The smallest absolute Gasteiger partial charge is 0.191 e. The second-order valence-corrected chi connectivity index (χ2v) is 6.43. The van der Waals surface area contributed by atoms with Crippen LogP contribution in [0.15, 0.2) is 29.3 Å². The fourth-order valence-electron chi connectivity index (χ4n) is 3.17. The van der Waals surface area contributed by atoms with Crippen LogP contribution < -0.4 is 10.6 Å². The van der Waals surface area contributed by atoms with Crippen LogP contribution in [0, 0.1) is 0 Å². The summed E-state index contributed by atoms with van der Waals surface area (Å²) in [7, 11) is 3.50. The molecule has 2 rings (SSSR count). The van der Waals surface area contributed by atoms with Crippen LogP contribution >= 0.6 is 24.0 Å². The van der Waals surface area contributed by atoms with E-state index in [0.29, 0.717) is 12.6 Å². The number of hydrogen-bond acceptors (Lipinski definition) is 3. The molecular weight excluding hydrogens is 427 g/mol. The third kappa shape index (κ3) is 7.50. The van der Waals surface area contributed by atoms with Crippen LogP contribution in [0.25, 0.3) is 0 Å². The van der Waals surface area contributed by atoms with Crippen LogP contribution in [0.2, 0.25) is 0 Å². The van der Waals surface area contributed by atoms with Gasteiger partial charge in [-0.3, -0.25) is 9.89 Å². The van der Waals surface area contributed by atoms with Gasteiger partial charge in [0, 0.05) is 39.8 Å². The average molecular weight is 460 g/mol. The second kappa shape index (κ2) is 12.5. The van der Waals surface area contributed by atoms with Crippen LogP contribution in [-0.2, 0) is 17.8 Å². The number of nitrogens with one attached hydrogen (secondary N) is 2. The van der Waals surface area contributed by atoms with E-state index < -0.39 is 0 Å². The SMILES string of the molecule is CN=C(NCCOC)NCc1ccccc1CN1CCCCC1C.I. The quantitative estimate of drug-likeness (QED) is 0.284. The van der Waals surface area contributed by atoms with Gasteiger partial charge >= 0.3 is 0 Å². The number of halogens is 1. The van der Waals surface area contributed by atoms with Crippen LogP contribution in [0.4, 0.5) is 0 Å². The Labute approximate surface area is 169 Å². The van der Waals surface area contributed by atoms with Gasteiger partial charge in [-0.25, -0.2) is 0 Å². The zero-order chi connectivity index (χ0) is 17.2. The van der Waals surface area contributed by atoms with Crippen molar-refractivity contribution in [1.82, 2.24) is 15.5 Å². The molecule has 25 heavy (non-hydrogen) atoms. The van der Waals surface area contributed by atoms with Gasteiger partial charge in [0.25, 0.3) is 0 Å². The van der Waals surface area contributed by atoms with Gasteiger partial charge in [0.05, 0.1) is 6.61 Å². The van der Waals surface area contributed by atoms with Crippen molar-refractivity contribution in [2.45, 2.75) is 45.3 Å². The maximum absolute atomic E-state index is 5.06. The molecule has 1 atom stereocenters. The maximum Gasteiger partial charge on any atom is 0.191 e. The highest BCUT2D eigenvalue weighted by Crippen LogP contribution is 2.20. The van der Waals surface area contributed by atoms with E-state index in [4.69, 9.17) is 4.74 Å². The molecule has 1 aromatic carbocycles. The molecule has 0 aliphatic carbocycles. The van der Waals surface area contributed by atoms with Gasteiger partial charge in [0.15, 0.2) is 5.96 Å². The number of aliphatic imine (C=N–C) groups is 1. The van der Waals surface area contributed by atoms with Crippen molar-refractivity contribution < 1.29 is 4.74 Å². The highest BCUT2D eigenvalue weighted by Gasteiger charge is 2.19. The Kier molecular flexibility index (Phi) is 11.1. The first-order valence-corrected chi connectivity index (χ1v) is 8.99. The molecular formula is C19H33IN4O. The van der Waals surface area contributed by atoms with Crippen LogP contribution in [-0.4, -0.2) is 50.8 Å². The average Bonchev–Trinajstić information content (AvgIpc) is 2.61. The van der Waals surface area contributed by atoms with Crippen LogP contribution in [0.3, 0.4) is 0 Å². The zero-order valence-electron chi connectivity index (χ0n) is 15.8. The first kappa shape index (κ1) is 22.2. The highest BCUT2D eigenvalue weighted by molar-refractivity contribution is 14.0. The summed E-state index contributed by atoms with van der Waals surface area (Å²) in [6.45, 7) is 6.80. The van der Waals surface area contributed by atoms with E-state index in [0.717, 1.165) is 25.6 Å². The molecule has 0 radical (unpaired) electrons. The lowest BCUT2D eigenvalue weighted by Gasteiger charge is -2.33. The van der Waals surface area contributed by atoms with Crippen molar-refractivity contribution in [3.8, 4) is 0 Å². The Morgan fingerprint density at radius 1 is 1.24 bits per heavy atom. The minimum atomic E-state index is 0. The minimum Gasteiger partial charge on any atom is -0.383 e. The van der Waals surface area contributed by atoms with Gasteiger partial charge < -0.3 is 15.4 Å². The van der Waals surface area contributed by atoms with E-state index in [1.807, 2.05) is 0 Å². The lowest BCUT2D eigenvalue weighted by molar-refractivity contribution is 0.152. The molecule has 1 unspecified atom stereocenters. The summed E-state index contributed by atoms with van der Waals surface area (Å²) in [5, 5.41) is 6.65. The van der Waals surface area contributed by atoms with Crippen molar-refractivity contribution in [2.24, 2.45) is 4.99 Å². The molecule has 1 fully saturated rings. The standard InChI is InChI=1S/C19H32N4O.HI/c1-16-8-6-7-12-23(16)15-18-10-5-4-9-17(18)14-22-19(20-2)21-11-13-24-3;/h4-5,9-10,16H,6-8,11-15H2,1-3H3,(H2,20,21,22);1H. The number of hydrogen-bond donors (Lipinski definition) is 2. The molecule has 1 aliphatic rings. The molecule has 1 saturated heterocycles. The number of guanidine groups is 1. The largest absolute Gasteiger partial charge is 0.383 e. The molecule has 142 valence electrons. The minimum absolute atomic E-state index is 0. The third-order valence-corrected chi connectivity index (χ3v) is 4.70. The molecule has 1 aliphatic heterocycles. The lowest BCUT2D eigenvalue weighted by Crippen LogP contribution is -2.39. The zero-order valence-corrected chi connectivity index (χ0v) is 18.1. The van der Waals surface area contributed by atoms with E-state index in [-0.39, 0.29) is 24.0 Å². The molecule has 1 aromatic rings. The van der Waals surface area contributed by atoms with Crippen molar-refractivity contribution in [2.75, 3.05) is 33.9 Å². The van der Waals surface area contributed by atoms with Gasteiger partial charge in [0.1, 0.15) is 0 Å². The number of likely N-dealkylation sites (tertiary alicyclic amines) is 1. The Morgan fingerprint density at radius 3 is 2.68 bits per heavy atom. The Balaban J connectivity index is 0.00000312. The van der Waals surface area contributed by atoms with Crippen molar-refractivity contribution in [3.05, 3.63) is 35.4 Å². The molecule has 6 heteroatoms. The number of methoxy groups -OCH3 is 1. The molecule has 0 aromatic heterocycles. The predicted octanol–water partition coefficient (Wildman–Crippen LogP) is 2.99.